The first kappa shape index (κ1) is 26.6. The van der Waals surface area contributed by atoms with Crippen LogP contribution in [0.4, 0.5) is 0 Å². The normalized spacial score (nSPS) is 12.2. The molecule has 178 valence electrons. The first-order chi connectivity index (χ1) is 15.5. The Morgan fingerprint density at radius 2 is 1.48 bits per heavy atom. The molecular formula is C30H40O3. The lowest BCUT2D eigenvalue weighted by Gasteiger charge is -2.34. The van der Waals surface area contributed by atoms with Crippen LogP contribution in [0.5, 0.6) is 0 Å². The van der Waals surface area contributed by atoms with E-state index in [4.69, 9.17) is 4.74 Å². The lowest BCUT2D eigenvalue weighted by molar-refractivity contribution is -0.134. The zero-order valence-corrected chi connectivity index (χ0v) is 21.7. The summed E-state index contributed by atoms with van der Waals surface area (Å²) in [6.07, 6.45) is 6.61. The number of aryl methyl sites for hydroxylation is 3. The molecule has 0 amide bonds. The lowest BCUT2D eigenvalue weighted by Crippen LogP contribution is -2.26. The van der Waals surface area contributed by atoms with Gasteiger partial charge in [0.25, 0.3) is 0 Å². The van der Waals surface area contributed by atoms with Gasteiger partial charge in [0.1, 0.15) is 5.78 Å². The molecule has 0 N–H and O–H groups in total. The summed E-state index contributed by atoms with van der Waals surface area (Å²) in [7, 11) is 1.38. The molecule has 0 heterocycles. The molecule has 33 heavy (non-hydrogen) atoms. The summed E-state index contributed by atoms with van der Waals surface area (Å²) in [4.78, 5) is 23.8. The van der Waals surface area contributed by atoms with E-state index in [0.29, 0.717) is 12.2 Å². The highest BCUT2D eigenvalue weighted by molar-refractivity contribution is 5.87. The van der Waals surface area contributed by atoms with Crippen LogP contribution in [0.15, 0.2) is 42.5 Å². The molecule has 2 rings (SSSR count). The Hall–Kier alpha value is -2.68. The molecule has 0 aliphatic carbocycles. The average molecular weight is 449 g/mol. The zero-order chi connectivity index (χ0) is 24.8. The first-order valence-electron chi connectivity index (χ1n) is 12.0. The molecule has 0 aliphatic rings. The Bertz CT molecular complexity index is 1020. The highest BCUT2D eigenvalue weighted by Gasteiger charge is 2.31. The van der Waals surface area contributed by atoms with Gasteiger partial charge in [-0.25, -0.2) is 4.79 Å². The van der Waals surface area contributed by atoms with Gasteiger partial charge in [0.05, 0.1) is 7.11 Å². The van der Waals surface area contributed by atoms with E-state index in [2.05, 4.69) is 64.1 Å². The summed E-state index contributed by atoms with van der Waals surface area (Å²) >= 11 is 0. The van der Waals surface area contributed by atoms with Crippen molar-refractivity contribution in [2.45, 2.75) is 79.6 Å². The predicted molar refractivity (Wildman–Crippen MR) is 138 cm³/mol. The molecule has 3 heteroatoms. The van der Waals surface area contributed by atoms with Crippen LogP contribution < -0.4 is 0 Å². The fourth-order valence-corrected chi connectivity index (χ4v) is 4.52. The van der Waals surface area contributed by atoms with Crippen molar-refractivity contribution in [3.05, 3.63) is 75.9 Å². The third kappa shape index (κ3) is 6.22. The third-order valence-corrected chi connectivity index (χ3v) is 6.98. The Morgan fingerprint density at radius 1 is 0.909 bits per heavy atom. The molecule has 0 saturated heterocycles. The van der Waals surface area contributed by atoms with Gasteiger partial charge >= 0.3 is 5.97 Å². The molecule has 0 fully saturated rings. The minimum atomic E-state index is -0.352. The first-order valence-corrected chi connectivity index (χ1v) is 12.0. The minimum Gasteiger partial charge on any atom is -0.466 e. The van der Waals surface area contributed by atoms with Crippen LogP contribution in [0.25, 0.3) is 6.08 Å². The molecule has 0 spiro atoms. The number of benzene rings is 2. The number of hydrogen-bond donors (Lipinski definition) is 0. The van der Waals surface area contributed by atoms with E-state index in [1.54, 1.807) is 0 Å². The molecule has 0 aromatic heterocycles. The van der Waals surface area contributed by atoms with Gasteiger partial charge in [-0.1, -0.05) is 71.0 Å². The molecule has 0 saturated carbocycles. The van der Waals surface area contributed by atoms with E-state index in [-0.39, 0.29) is 16.8 Å². The topological polar surface area (TPSA) is 43.4 Å². The number of methoxy groups -OCH3 is 1. The van der Waals surface area contributed by atoms with Crippen molar-refractivity contribution in [1.82, 2.24) is 0 Å². The van der Waals surface area contributed by atoms with Crippen molar-refractivity contribution in [2.75, 3.05) is 7.11 Å². The highest BCUT2D eigenvalue weighted by atomic mass is 16.5. The number of carbonyl (C=O) groups excluding carboxylic acids is 2. The quantitative estimate of drug-likeness (QED) is 0.302. The second kappa shape index (κ2) is 11.0. The van der Waals surface area contributed by atoms with Gasteiger partial charge in [-0.3, -0.25) is 4.79 Å². The van der Waals surface area contributed by atoms with Crippen molar-refractivity contribution >= 4 is 17.8 Å². The van der Waals surface area contributed by atoms with E-state index in [1.165, 1.54) is 35.4 Å². The van der Waals surface area contributed by atoms with E-state index >= 15 is 0 Å². The van der Waals surface area contributed by atoms with Crippen molar-refractivity contribution in [1.29, 1.82) is 0 Å². The van der Waals surface area contributed by atoms with Crippen molar-refractivity contribution < 1.29 is 14.3 Å². The molecule has 0 bridgehead atoms. The maximum Gasteiger partial charge on any atom is 0.330 e. The Kier molecular flexibility index (Phi) is 8.82. The van der Waals surface area contributed by atoms with Crippen molar-refractivity contribution in [2.24, 2.45) is 5.41 Å². The summed E-state index contributed by atoms with van der Waals surface area (Å²) in [5.41, 5.74) is 6.87. The predicted octanol–water partition coefficient (Wildman–Crippen LogP) is 7.14. The number of esters is 1. The second-order valence-electron chi connectivity index (χ2n) is 10.0. The van der Waals surface area contributed by atoms with E-state index in [9.17, 15) is 9.59 Å². The summed E-state index contributed by atoms with van der Waals surface area (Å²) < 4.78 is 4.71. The Balaban J connectivity index is 2.38. The van der Waals surface area contributed by atoms with Crippen LogP contribution in [0.2, 0.25) is 0 Å². The molecule has 0 aliphatic heterocycles. The maximum absolute atomic E-state index is 12.4. The van der Waals surface area contributed by atoms with Gasteiger partial charge in [0.2, 0.25) is 0 Å². The molecule has 2 aromatic rings. The van der Waals surface area contributed by atoms with Crippen LogP contribution in [-0.4, -0.2) is 18.9 Å². The van der Waals surface area contributed by atoms with Gasteiger partial charge in [0, 0.05) is 23.3 Å². The largest absolute Gasteiger partial charge is 0.466 e. The Morgan fingerprint density at radius 3 is 1.97 bits per heavy atom. The molecule has 0 radical (unpaired) electrons. The fraction of sp³-hybridized carbons (Fsp3) is 0.467. The van der Waals surface area contributed by atoms with Crippen molar-refractivity contribution in [3.63, 3.8) is 0 Å². The van der Waals surface area contributed by atoms with Crippen molar-refractivity contribution in [3.8, 4) is 0 Å². The van der Waals surface area contributed by atoms with Gasteiger partial charge in [-0.15, -0.1) is 0 Å². The summed E-state index contributed by atoms with van der Waals surface area (Å²) in [5.74, 6) is -0.0473. The van der Waals surface area contributed by atoms with Gasteiger partial charge in [-0.05, 0) is 72.6 Å². The SMILES string of the molecule is CCC(CC)(c1ccc(C=CC(=O)OC)c(C)c1)c1ccc(CCC(=O)C(C)(C)C)c(C)c1. The number of ketones is 1. The zero-order valence-electron chi connectivity index (χ0n) is 21.7. The van der Waals surface area contributed by atoms with Crippen LogP contribution >= 0.6 is 0 Å². The number of carbonyl (C=O) groups is 2. The van der Waals surface area contributed by atoms with Gasteiger partial charge in [-0.2, -0.15) is 0 Å². The smallest absolute Gasteiger partial charge is 0.330 e. The lowest BCUT2D eigenvalue weighted by atomic mass is 9.69. The monoisotopic (exact) mass is 448 g/mol. The third-order valence-electron chi connectivity index (χ3n) is 6.98. The maximum atomic E-state index is 12.4. The molecular weight excluding hydrogens is 408 g/mol. The van der Waals surface area contributed by atoms with Gasteiger partial charge in [0.15, 0.2) is 0 Å². The molecule has 2 aromatic carbocycles. The average Bonchev–Trinajstić information content (AvgIpc) is 2.78. The van der Waals surface area contributed by atoms with Crippen LogP contribution in [0, 0.1) is 19.3 Å². The summed E-state index contributed by atoms with van der Waals surface area (Å²) in [6, 6.07) is 13.3. The minimum absolute atomic E-state index is 0.0835. The standard InChI is InChI=1S/C30H40O3/c1-9-30(10-2,26-16-12-24(22(4)20-26)14-18-28(32)33-8)25-15-11-23(21(3)19-25)13-17-27(31)29(5,6)7/h11-12,14-16,18-20H,9-10,13,17H2,1-8H3. The van der Waals surface area contributed by atoms with Crippen LogP contribution in [0.1, 0.15) is 87.3 Å². The van der Waals surface area contributed by atoms with E-state index in [0.717, 1.165) is 30.4 Å². The highest BCUT2D eigenvalue weighted by Crippen LogP contribution is 2.40. The Labute approximate surface area is 200 Å². The van der Waals surface area contributed by atoms with Gasteiger partial charge < -0.3 is 4.74 Å². The van der Waals surface area contributed by atoms with Crippen LogP contribution in [-0.2, 0) is 26.2 Å². The van der Waals surface area contributed by atoms with E-state index < -0.39 is 0 Å². The fourth-order valence-electron chi connectivity index (χ4n) is 4.52. The summed E-state index contributed by atoms with van der Waals surface area (Å²) in [6.45, 7) is 14.7. The molecule has 3 nitrogen and oxygen atoms in total. The molecule has 0 atom stereocenters. The number of rotatable bonds is 9. The molecule has 0 unspecified atom stereocenters. The number of ether oxygens (including phenoxy) is 1. The van der Waals surface area contributed by atoms with Crippen LogP contribution in [0.3, 0.4) is 0 Å². The second-order valence-corrected chi connectivity index (χ2v) is 10.0. The summed E-state index contributed by atoms with van der Waals surface area (Å²) in [5, 5.41) is 0. The number of hydrogen-bond acceptors (Lipinski definition) is 3. The van der Waals surface area contributed by atoms with E-state index in [1.807, 2.05) is 26.8 Å². The number of Topliss-reactive ketones (excluding diaryl/α,β-unsaturated/α-hetero) is 1.